The number of nitrogens with zero attached hydrogens (tertiary/aromatic N) is 3. The van der Waals surface area contributed by atoms with Gasteiger partial charge in [-0.05, 0) is 53.3 Å². The van der Waals surface area contributed by atoms with Gasteiger partial charge in [-0.3, -0.25) is 18.8 Å². The van der Waals surface area contributed by atoms with Crippen LogP contribution in [0.4, 0.5) is 0 Å². The number of likely N-dealkylation sites (tertiary alicyclic amines) is 1. The number of amides is 1. The van der Waals surface area contributed by atoms with E-state index in [0.717, 1.165) is 43.4 Å². The minimum Gasteiger partial charge on any atom is -0.358 e. The van der Waals surface area contributed by atoms with Crippen molar-refractivity contribution in [3.63, 3.8) is 0 Å². The van der Waals surface area contributed by atoms with Crippen LogP contribution in [-0.2, 0) is 17.8 Å². The number of hydrogen-bond donors (Lipinski definition) is 1. The first-order valence-electron chi connectivity index (χ1n) is 11.8. The van der Waals surface area contributed by atoms with Gasteiger partial charge < -0.3 is 5.32 Å². The molecule has 1 atom stereocenters. The lowest BCUT2D eigenvalue weighted by molar-refractivity contribution is -0.121. The SMILES string of the molecule is CNC(=O)Cn1c(=O)n(C2CCN(C3Cc4cccc5cccc3c45)CC2)c2ccccc21.Cl. The van der Waals surface area contributed by atoms with Crippen molar-refractivity contribution in [2.24, 2.45) is 0 Å². The Morgan fingerprint density at radius 2 is 1.68 bits per heavy atom. The summed E-state index contributed by atoms with van der Waals surface area (Å²) in [7, 11) is 1.60. The first kappa shape index (κ1) is 22.7. The molecule has 176 valence electrons. The minimum atomic E-state index is -0.162. The van der Waals surface area contributed by atoms with Gasteiger partial charge in [-0.25, -0.2) is 4.79 Å². The lowest BCUT2D eigenvalue weighted by Gasteiger charge is -2.36. The number of carbonyl (C=O) groups is 1. The summed E-state index contributed by atoms with van der Waals surface area (Å²) >= 11 is 0. The van der Waals surface area contributed by atoms with Gasteiger partial charge in [-0.1, -0.05) is 48.5 Å². The normalized spacial score (nSPS) is 18.3. The van der Waals surface area contributed by atoms with E-state index in [0.29, 0.717) is 6.04 Å². The average molecular weight is 477 g/mol. The Bertz CT molecular complexity index is 1430. The highest BCUT2D eigenvalue weighted by atomic mass is 35.5. The maximum Gasteiger partial charge on any atom is 0.329 e. The fourth-order valence-corrected chi connectivity index (χ4v) is 5.96. The van der Waals surface area contributed by atoms with Crippen LogP contribution in [0.25, 0.3) is 21.8 Å². The predicted octanol–water partition coefficient (Wildman–Crippen LogP) is 4.06. The molecule has 7 heteroatoms. The molecule has 1 saturated heterocycles. The van der Waals surface area contributed by atoms with E-state index in [1.54, 1.807) is 11.6 Å². The molecule has 1 amide bonds. The molecule has 1 aromatic heterocycles. The highest BCUT2D eigenvalue weighted by Crippen LogP contribution is 2.41. The first-order chi connectivity index (χ1) is 16.2. The summed E-state index contributed by atoms with van der Waals surface area (Å²) in [6.45, 7) is 1.97. The number of aromatic nitrogens is 2. The lowest BCUT2D eigenvalue weighted by Crippen LogP contribution is -2.40. The van der Waals surface area contributed by atoms with Gasteiger partial charge in [0.05, 0.1) is 11.0 Å². The maximum atomic E-state index is 13.4. The fraction of sp³-hybridized carbons (Fsp3) is 0.333. The number of piperidine rings is 1. The van der Waals surface area contributed by atoms with Crippen molar-refractivity contribution >= 4 is 40.1 Å². The number of halogens is 1. The molecule has 1 unspecified atom stereocenters. The van der Waals surface area contributed by atoms with Gasteiger partial charge in [0.25, 0.3) is 0 Å². The molecule has 3 aromatic carbocycles. The molecule has 1 aliphatic carbocycles. The molecule has 6 rings (SSSR count). The van der Waals surface area contributed by atoms with E-state index in [2.05, 4.69) is 46.6 Å². The molecule has 1 aliphatic heterocycles. The van der Waals surface area contributed by atoms with Crippen LogP contribution in [0.5, 0.6) is 0 Å². The van der Waals surface area contributed by atoms with E-state index in [1.807, 2.05) is 28.8 Å². The van der Waals surface area contributed by atoms with Crippen molar-refractivity contribution in [1.29, 1.82) is 0 Å². The Kier molecular flexibility index (Phi) is 5.96. The van der Waals surface area contributed by atoms with Crippen molar-refractivity contribution in [1.82, 2.24) is 19.4 Å². The quantitative estimate of drug-likeness (QED) is 0.483. The second kappa shape index (κ2) is 8.93. The largest absolute Gasteiger partial charge is 0.358 e. The zero-order valence-electron chi connectivity index (χ0n) is 19.2. The number of imidazole rings is 1. The van der Waals surface area contributed by atoms with Gasteiger partial charge in [-0.2, -0.15) is 0 Å². The summed E-state index contributed by atoms with van der Waals surface area (Å²) < 4.78 is 3.54. The summed E-state index contributed by atoms with van der Waals surface area (Å²) in [5.74, 6) is -0.162. The Labute approximate surface area is 204 Å². The van der Waals surface area contributed by atoms with Crippen molar-refractivity contribution < 1.29 is 4.79 Å². The highest BCUT2D eigenvalue weighted by molar-refractivity contribution is 5.91. The highest BCUT2D eigenvalue weighted by Gasteiger charge is 2.33. The predicted molar refractivity (Wildman–Crippen MR) is 138 cm³/mol. The van der Waals surface area contributed by atoms with E-state index in [1.165, 1.54) is 21.9 Å². The summed E-state index contributed by atoms with van der Waals surface area (Å²) in [6, 6.07) is 21.7. The number of carbonyl (C=O) groups excluding carboxylic acids is 1. The third-order valence-corrected chi connectivity index (χ3v) is 7.55. The number of hydrogen-bond acceptors (Lipinski definition) is 3. The van der Waals surface area contributed by atoms with E-state index in [-0.39, 0.29) is 36.6 Å². The number of rotatable bonds is 4. The fourth-order valence-electron chi connectivity index (χ4n) is 5.96. The number of benzene rings is 3. The van der Waals surface area contributed by atoms with E-state index >= 15 is 0 Å². The third kappa shape index (κ3) is 3.53. The van der Waals surface area contributed by atoms with E-state index in [4.69, 9.17) is 0 Å². The summed E-state index contributed by atoms with van der Waals surface area (Å²) in [5, 5.41) is 5.39. The summed E-state index contributed by atoms with van der Waals surface area (Å²) in [4.78, 5) is 28.0. The molecule has 34 heavy (non-hydrogen) atoms. The molecular weight excluding hydrogens is 448 g/mol. The van der Waals surface area contributed by atoms with Gasteiger partial charge in [0.1, 0.15) is 6.54 Å². The Morgan fingerprint density at radius 1 is 0.971 bits per heavy atom. The van der Waals surface area contributed by atoms with Crippen LogP contribution < -0.4 is 11.0 Å². The van der Waals surface area contributed by atoms with Gasteiger partial charge in [0.2, 0.25) is 5.91 Å². The van der Waals surface area contributed by atoms with E-state index < -0.39 is 0 Å². The molecule has 0 saturated carbocycles. The van der Waals surface area contributed by atoms with Crippen LogP contribution in [-0.4, -0.2) is 40.1 Å². The molecule has 6 nitrogen and oxygen atoms in total. The van der Waals surface area contributed by atoms with Crippen LogP contribution >= 0.6 is 12.4 Å². The molecular formula is C27H29ClN4O2. The molecule has 2 aliphatic rings. The molecule has 0 spiro atoms. The first-order valence-corrected chi connectivity index (χ1v) is 11.8. The zero-order valence-corrected chi connectivity index (χ0v) is 20.1. The Hall–Kier alpha value is -3.09. The van der Waals surface area contributed by atoms with Gasteiger partial charge in [0, 0.05) is 32.2 Å². The maximum absolute atomic E-state index is 13.4. The molecule has 4 aromatic rings. The van der Waals surface area contributed by atoms with Gasteiger partial charge >= 0.3 is 5.69 Å². The van der Waals surface area contributed by atoms with Crippen molar-refractivity contribution in [3.05, 3.63) is 82.3 Å². The van der Waals surface area contributed by atoms with Crippen molar-refractivity contribution in [2.75, 3.05) is 20.1 Å². The number of nitrogens with one attached hydrogen (secondary N) is 1. The van der Waals surface area contributed by atoms with Crippen molar-refractivity contribution in [3.8, 4) is 0 Å². The monoisotopic (exact) mass is 476 g/mol. The van der Waals surface area contributed by atoms with Gasteiger partial charge in [0.15, 0.2) is 0 Å². The average Bonchev–Trinajstić information content (AvgIpc) is 3.36. The summed E-state index contributed by atoms with van der Waals surface area (Å²) in [5.41, 5.74) is 4.55. The zero-order chi connectivity index (χ0) is 22.5. The molecule has 0 bridgehead atoms. The van der Waals surface area contributed by atoms with Crippen LogP contribution in [0.3, 0.4) is 0 Å². The number of likely N-dealkylation sites (N-methyl/N-ethyl adjacent to an activating group) is 1. The standard InChI is InChI=1S/C27H28N4O2.ClH/c1-28-25(32)17-30-22-10-2-3-11-23(22)31(27(30)33)20-12-14-29(15-13-20)24-16-19-8-4-6-18-7-5-9-21(24)26(18)19;/h2-11,20,24H,12-17H2,1H3,(H,28,32);1H. The second-order valence-corrected chi connectivity index (χ2v) is 9.25. The van der Waals surface area contributed by atoms with Crippen LogP contribution in [0.15, 0.2) is 65.5 Å². The van der Waals surface area contributed by atoms with Crippen LogP contribution in [0.1, 0.15) is 36.1 Å². The van der Waals surface area contributed by atoms with Gasteiger partial charge in [-0.15, -0.1) is 12.4 Å². The van der Waals surface area contributed by atoms with Crippen molar-refractivity contribution in [2.45, 2.75) is 37.9 Å². The smallest absolute Gasteiger partial charge is 0.329 e. The third-order valence-electron chi connectivity index (χ3n) is 7.55. The minimum absolute atomic E-state index is 0. The number of fused-ring (bicyclic) bond motifs is 1. The van der Waals surface area contributed by atoms with Crippen LogP contribution in [0.2, 0.25) is 0 Å². The summed E-state index contributed by atoms with van der Waals surface area (Å²) in [6.07, 6.45) is 2.92. The Morgan fingerprint density at radius 3 is 2.41 bits per heavy atom. The molecule has 2 heterocycles. The molecule has 0 radical (unpaired) electrons. The Balaban J connectivity index is 0.00000241. The van der Waals surface area contributed by atoms with E-state index in [9.17, 15) is 9.59 Å². The topological polar surface area (TPSA) is 59.3 Å². The molecule has 1 fully saturated rings. The molecule has 1 N–H and O–H groups in total. The second-order valence-electron chi connectivity index (χ2n) is 9.25. The lowest BCUT2D eigenvalue weighted by atomic mass is 9.99. The number of para-hydroxylation sites is 2. The van der Waals surface area contributed by atoms with Crippen LogP contribution in [0, 0.1) is 0 Å².